The van der Waals surface area contributed by atoms with Crippen LogP contribution in [-0.2, 0) is 4.79 Å². The number of hydrogen-bond donors (Lipinski definition) is 2. The fraction of sp³-hybridized carbons (Fsp3) is 0.200. The van der Waals surface area contributed by atoms with Crippen molar-refractivity contribution in [1.82, 2.24) is 5.32 Å². The summed E-state index contributed by atoms with van der Waals surface area (Å²) in [6, 6.07) is 15.0. The number of nitrogens with one attached hydrogen (secondary N) is 2. The highest BCUT2D eigenvalue weighted by Crippen LogP contribution is 2.26. The lowest BCUT2D eigenvalue weighted by molar-refractivity contribution is -0.116. The zero-order chi connectivity index (χ0) is 18.1. The van der Waals surface area contributed by atoms with Gasteiger partial charge in [-0.3, -0.25) is 9.59 Å². The average molecular weight is 354 g/mol. The fourth-order valence-electron chi connectivity index (χ4n) is 2.24. The van der Waals surface area contributed by atoms with E-state index in [1.165, 1.54) is 0 Å². The van der Waals surface area contributed by atoms with Crippen molar-refractivity contribution in [1.29, 1.82) is 0 Å². The first-order chi connectivity index (χ1) is 12.1. The van der Waals surface area contributed by atoms with Crippen LogP contribution in [0.15, 0.2) is 66.1 Å². The molecule has 0 aromatic heterocycles. The van der Waals surface area contributed by atoms with Gasteiger partial charge >= 0.3 is 0 Å². The Labute approximate surface area is 152 Å². The Morgan fingerprint density at radius 3 is 2.72 bits per heavy atom. The molecule has 0 unspecified atom stereocenters. The minimum absolute atomic E-state index is 0.129. The number of carbonyl (C=O) groups is 2. The van der Waals surface area contributed by atoms with Crippen LogP contribution < -0.4 is 10.6 Å². The van der Waals surface area contributed by atoms with Crippen LogP contribution in [0.2, 0.25) is 0 Å². The van der Waals surface area contributed by atoms with Gasteiger partial charge < -0.3 is 10.6 Å². The Kier molecular flexibility index (Phi) is 7.29. The number of hydrogen-bond acceptors (Lipinski definition) is 3. The minimum atomic E-state index is -0.168. The molecule has 0 radical (unpaired) electrons. The molecule has 0 saturated carbocycles. The van der Waals surface area contributed by atoms with Crippen molar-refractivity contribution in [3.8, 4) is 0 Å². The molecular formula is C20H22N2O2S. The number of carbonyl (C=O) groups excluding carboxylic acids is 2. The summed E-state index contributed by atoms with van der Waals surface area (Å²) in [5.41, 5.74) is 2.41. The third kappa shape index (κ3) is 6.12. The quantitative estimate of drug-likeness (QED) is 0.556. The Balaban J connectivity index is 1.83. The van der Waals surface area contributed by atoms with E-state index in [4.69, 9.17) is 0 Å². The maximum absolute atomic E-state index is 12.1. The van der Waals surface area contributed by atoms with E-state index in [-0.39, 0.29) is 18.2 Å². The Hall–Kier alpha value is -2.53. The van der Waals surface area contributed by atoms with Gasteiger partial charge in [-0.25, -0.2) is 0 Å². The largest absolute Gasteiger partial charge is 0.352 e. The maximum Gasteiger partial charge on any atom is 0.251 e. The van der Waals surface area contributed by atoms with Crippen molar-refractivity contribution >= 4 is 29.3 Å². The zero-order valence-corrected chi connectivity index (χ0v) is 15.1. The van der Waals surface area contributed by atoms with E-state index in [2.05, 4.69) is 17.2 Å². The van der Waals surface area contributed by atoms with Gasteiger partial charge in [-0.2, -0.15) is 0 Å². The number of thioether (sulfide) groups is 1. The van der Waals surface area contributed by atoms with Gasteiger partial charge in [-0.05, 0) is 31.2 Å². The number of benzene rings is 2. The van der Waals surface area contributed by atoms with Crippen LogP contribution in [0.5, 0.6) is 0 Å². The van der Waals surface area contributed by atoms with E-state index in [0.717, 1.165) is 21.9 Å². The molecule has 0 atom stereocenters. The van der Waals surface area contributed by atoms with Crippen LogP contribution in [0.4, 0.5) is 5.69 Å². The van der Waals surface area contributed by atoms with Gasteiger partial charge in [0.25, 0.3) is 5.91 Å². The third-order valence-electron chi connectivity index (χ3n) is 3.44. The second kappa shape index (κ2) is 9.69. The van der Waals surface area contributed by atoms with Crippen molar-refractivity contribution in [3.05, 3.63) is 72.3 Å². The summed E-state index contributed by atoms with van der Waals surface area (Å²) in [5, 5.41) is 5.67. The molecule has 0 bridgehead atoms. The molecule has 0 fully saturated rings. The monoisotopic (exact) mass is 354 g/mol. The van der Waals surface area contributed by atoms with Crippen LogP contribution in [0.1, 0.15) is 22.3 Å². The number of rotatable bonds is 8. The highest BCUT2D eigenvalue weighted by atomic mass is 32.2. The van der Waals surface area contributed by atoms with Gasteiger partial charge in [0.1, 0.15) is 0 Å². The van der Waals surface area contributed by atoms with Gasteiger partial charge in [0.15, 0.2) is 0 Å². The number of anilines is 1. The second-order valence-electron chi connectivity index (χ2n) is 5.52. The fourth-order valence-corrected chi connectivity index (χ4v) is 2.98. The van der Waals surface area contributed by atoms with E-state index in [1.807, 2.05) is 55.5 Å². The molecule has 4 nitrogen and oxygen atoms in total. The first-order valence-corrected chi connectivity index (χ1v) is 9.06. The van der Waals surface area contributed by atoms with E-state index in [9.17, 15) is 9.59 Å². The van der Waals surface area contributed by atoms with Gasteiger partial charge in [0.05, 0.1) is 5.69 Å². The molecule has 130 valence electrons. The summed E-state index contributed by atoms with van der Waals surface area (Å²) in [5.74, 6) is 0.481. The standard InChI is InChI=1S/C20H22N2O2S/c1-3-13-25-18-10-5-4-9-17(18)22-19(23)11-12-21-20(24)16-8-6-7-15(2)14-16/h3-10,14H,1,11-13H2,2H3,(H,21,24)(H,22,23). The lowest BCUT2D eigenvalue weighted by Gasteiger charge is -2.10. The minimum Gasteiger partial charge on any atom is -0.352 e. The summed E-state index contributed by atoms with van der Waals surface area (Å²) in [6.45, 7) is 5.93. The van der Waals surface area contributed by atoms with E-state index >= 15 is 0 Å². The lowest BCUT2D eigenvalue weighted by Crippen LogP contribution is -2.27. The summed E-state index contributed by atoms with van der Waals surface area (Å²) in [7, 11) is 0. The van der Waals surface area contributed by atoms with Crippen LogP contribution in [0.3, 0.4) is 0 Å². The van der Waals surface area contributed by atoms with Crippen molar-refractivity contribution < 1.29 is 9.59 Å². The van der Waals surface area contributed by atoms with Crippen LogP contribution >= 0.6 is 11.8 Å². The predicted molar refractivity (Wildman–Crippen MR) is 104 cm³/mol. The molecule has 2 rings (SSSR count). The van der Waals surface area contributed by atoms with E-state index < -0.39 is 0 Å². The van der Waals surface area contributed by atoms with Crippen molar-refractivity contribution in [2.45, 2.75) is 18.2 Å². The van der Waals surface area contributed by atoms with Crippen molar-refractivity contribution in [2.75, 3.05) is 17.6 Å². The van der Waals surface area contributed by atoms with Gasteiger partial charge in [0.2, 0.25) is 5.91 Å². The lowest BCUT2D eigenvalue weighted by atomic mass is 10.1. The molecule has 0 heterocycles. The van der Waals surface area contributed by atoms with Crippen LogP contribution in [0.25, 0.3) is 0 Å². The molecule has 0 saturated heterocycles. The first-order valence-electron chi connectivity index (χ1n) is 8.07. The molecular weight excluding hydrogens is 332 g/mol. The highest BCUT2D eigenvalue weighted by molar-refractivity contribution is 7.99. The summed E-state index contributed by atoms with van der Waals surface area (Å²) < 4.78 is 0. The topological polar surface area (TPSA) is 58.2 Å². The molecule has 5 heteroatoms. The zero-order valence-electron chi connectivity index (χ0n) is 14.2. The summed E-state index contributed by atoms with van der Waals surface area (Å²) in [6.07, 6.45) is 2.04. The molecule has 25 heavy (non-hydrogen) atoms. The molecule has 0 aliphatic rings. The Bertz CT molecular complexity index is 759. The summed E-state index contributed by atoms with van der Waals surface area (Å²) in [4.78, 5) is 25.2. The maximum atomic E-state index is 12.1. The van der Waals surface area contributed by atoms with Crippen molar-refractivity contribution in [3.63, 3.8) is 0 Å². The van der Waals surface area contributed by atoms with E-state index in [0.29, 0.717) is 12.1 Å². The smallest absolute Gasteiger partial charge is 0.251 e. The summed E-state index contributed by atoms with van der Waals surface area (Å²) >= 11 is 1.61. The van der Waals surface area contributed by atoms with Crippen molar-refractivity contribution in [2.24, 2.45) is 0 Å². The normalized spacial score (nSPS) is 10.1. The predicted octanol–water partition coefficient (Wildman–Crippen LogP) is 4.03. The molecule has 0 aliphatic heterocycles. The first kappa shape index (κ1) is 18.8. The number of para-hydroxylation sites is 1. The SMILES string of the molecule is C=CCSc1ccccc1NC(=O)CCNC(=O)c1cccc(C)c1. The highest BCUT2D eigenvalue weighted by Gasteiger charge is 2.09. The second-order valence-corrected chi connectivity index (χ2v) is 6.58. The molecule has 2 N–H and O–H groups in total. The molecule has 2 aromatic rings. The van der Waals surface area contributed by atoms with E-state index in [1.54, 1.807) is 17.8 Å². The van der Waals surface area contributed by atoms with Gasteiger partial charge in [-0.15, -0.1) is 18.3 Å². The van der Waals surface area contributed by atoms with Crippen LogP contribution in [0, 0.1) is 6.92 Å². The van der Waals surface area contributed by atoms with Gasteiger partial charge in [-0.1, -0.05) is 35.9 Å². The molecule has 2 aromatic carbocycles. The van der Waals surface area contributed by atoms with Crippen LogP contribution in [-0.4, -0.2) is 24.1 Å². The Morgan fingerprint density at radius 2 is 1.96 bits per heavy atom. The third-order valence-corrected chi connectivity index (χ3v) is 4.51. The molecule has 0 aliphatic carbocycles. The molecule has 2 amide bonds. The number of aryl methyl sites for hydroxylation is 1. The number of amides is 2. The average Bonchev–Trinajstić information content (AvgIpc) is 2.61. The molecule has 0 spiro atoms. The Morgan fingerprint density at radius 1 is 1.16 bits per heavy atom. The van der Waals surface area contributed by atoms with Gasteiger partial charge in [0, 0.05) is 29.2 Å².